The molecule has 200 valence electrons. The highest BCUT2D eigenvalue weighted by atomic mass is 16.5. The van der Waals surface area contributed by atoms with Crippen LogP contribution in [0.1, 0.15) is 64.7 Å². The van der Waals surface area contributed by atoms with E-state index in [0.717, 1.165) is 47.9 Å². The second-order valence-corrected chi connectivity index (χ2v) is 11.4. The number of carbonyl (C=O) groups is 3. The first-order valence-corrected chi connectivity index (χ1v) is 13.8. The van der Waals surface area contributed by atoms with Gasteiger partial charge in [-0.05, 0) is 77.1 Å². The number of benzene rings is 3. The molecule has 2 fully saturated rings. The van der Waals surface area contributed by atoms with Crippen LogP contribution in [0.3, 0.4) is 0 Å². The Balaban J connectivity index is 1.27. The van der Waals surface area contributed by atoms with Gasteiger partial charge in [0, 0.05) is 31.0 Å². The average molecular weight is 523 g/mol. The van der Waals surface area contributed by atoms with Gasteiger partial charge in [0.15, 0.2) is 0 Å². The number of methoxy groups -OCH3 is 1. The lowest BCUT2D eigenvalue weighted by Gasteiger charge is -2.33. The Bertz CT molecular complexity index is 1440. The average Bonchev–Trinajstić information content (AvgIpc) is 3.92. The lowest BCUT2D eigenvalue weighted by molar-refractivity contribution is -0.137. The number of amides is 2. The Morgan fingerprint density at radius 1 is 1.00 bits per heavy atom. The summed E-state index contributed by atoms with van der Waals surface area (Å²) in [5.74, 6) is 0.244. The minimum Gasteiger partial charge on any atom is -0.465 e. The van der Waals surface area contributed by atoms with Crippen molar-refractivity contribution in [2.45, 2.75) is 51.6 Å². The summed E-state index contributed by atoms with van der Waals surface area (Å²) in [4.78, 5) is 40.5. The highest BCUT2D eigenvalue weighted by Gasteiger charge is 2.48. The molecule has 39 heavy (non-hydrogen) atoms. The number of rotatable bonds is 7. The van der Waals surface area contributed by atoms with Crippen molar-refractivity contribution in [2.75, 3.05) is 13.7 Å². The molecule has 0 spiro atoms. The van der Waals surface area contributed by atoms with Crippen LogP contribution in [0.25, 0.3) is 11.1 Å². The molecule has 0 aromatic heterocycles. The second kappa shape index (κ2) is 9.99. The number of hydrogen-bond donors (Lipinski definition) is 1. The van der Waals surface area contributed by atoms with Crippen LogP contribution in [0, 0.1) is 11.3 Å². The molecule has 6 rings (SSSR count). The Hall–Kier alpha value is -3.93. The highest BCUT2D eigenvalue weighted by Crippen LogP contribution is 2.48. The van der Waals surface area contributed by atoms with Crippen molar-refractivity contribution in [3.63, 3.8) is 0 Å². The molecule has 3 aliphatic rings. The lowest BCUT2D eigenvalue weighted by atomic mass is 9.86. The summed E-state index contributed by atoms with van der Waals surface area (Å²) in [5, 5.41) is 3.18. The third-order valence-electron chi connectivity index (χ3n) is 8.72. The molecule has 0 bridgehead atoms. The number of nitrogens with one attached hydrogen (secondary N) is 1. The van der Waals surface area contributed by atoms with Crippen molar-refractivity contribution in [3.8, 4) is 11.1 Å². The summed E-state index contributed by atoms with van der Waals surface area (Å²) in [7, 11) is 1.38. The van der Waals surface area contributed by atoms with E-state index < -0.39 is 0 Å². The molecule has 0 saturated heterocycles. The maximum atomic E-state index is 13.3. The van der Waals surface area contributed by atoms with Crippen LogP contribution in [0.5, 0.6) is 0 Å². The lowest BCUT2D eigenvalue weighted by Crippen LogP contribution is -2.40. The SMILES string of the molecule is COC(=O)c1cccc(-c2ccc(CNC(=O)[C@@H]3C[C@@H]3c3ccccc3)c3c2CCN(C(=O)C2(C)CC2)C3)c1. The molecule has 0 radical (unpaired) electrons. The molecule has 2 aliphatic carbocycles. The van der Waals surface area contributed by atoms with E-state index in [1.807, 2.05) is 41.3 Å². The summed E-state index contributed by atoms with van der Waals surface area (Å²) in [6.07, 6.45) is 3.50. The van der Waals surface area contributed by atoms with Gasteiger partial charge in [-0.3, -0.25) is 9.59 Å². The van der Waals surface area contributed by atoms with Gasteiger partial charge in [0.1, 0.15) is 0 Å². The quantitative estimate of drug-likeness (QED) is 0.431. The number of fused-ring (bicyclic) bond motifs is 1. The molecule has 2 amide bonds. The summed E-state index contributed by atoms with van der Waals surface area (Å²) in [5.41, 5.74) is 6.84. The minimum atomic E-state index is -0.367. The first-order valence-electron chi connectivity index (χ1n) is 13.8. The van der Waals surface area contributed by atoms with E-state index in [2.05, 4.69) is 36.5 Å². The third-order valence-corrected chi connectivity index (χ3v) is 8.72. The monoisotopic (exact) mass is 522 g/mol. The van der Waals surface area contributed by atoms with Gasteiger partial charge in [-0.25, -0.2) is 4.79 Å². The van der Waals surface area contributed by atoms with E-state index in [-0.39, 0.29) is 35.0 Å². The van der Waals surface area contributed by atoms with Gasteiger partial charge in [-0.2, -0.15) is 0 Å². The number of ether oxygens (including phenoxy) is 1. The van der Waals surface area contributed by atoms with Crippen molar-refractivity contribution in [1.29, 1.82) is 0 Å². The first kappa shape index (κ1) is 25.4. The second-order valence-electron chi connectivity index (χ2n) is 11.4. The fourth-order valence-corrected chi connectivity index (χ4v) is 5.93. The van der Waals surface area contributed by atoms with Crippen LogP contribution < -0.4 is 5.32 Å². The Kier molecular flexibility index (Phi) is 6.49. The van der Waals surface area contributed by atoms with Gasteiger partial charge in [-0.15, -0.1) is 0 Å². The van der Waals surface area contributed by atoms with Crippen molar-refractivity contribution in [3.05, 3.63) is 94.5 Å². The van der Waals surface area contributed by atoms with Crippen molar-refractivity contribution < 1.29 is 19.1 Å². The van der Waals surface area contributed by atoms with Gasteiger partial charge in [-0.1, -0.05) is 61.5 Å². The fourth-order valence-electron chi connectivity index (χ4n) is 5.93. The van der Waals surface area contributed by atoms with Crippen LogP contribution in [0.15, 0.2) is 66.7 Å². The smallest absolute Gasteiger partial charge is 0.337 e. The molecular formula is C33H34N2O4. The number of carbonyl (C=O) groups excluding carboxylic acids is 3. The van der Waals surface area contributed by atoms with Crippen molar-refractivity contribution >= 4 is 17.8 Å². The molecule has 6 heteroatoms. The maximum Gasteiger partial charge on any atom is 0.337 e. The van der Waals surface area contributed by atoms with Gasteiger partial charge >= 0.3 is 5.97 Å². The zero-order chi connectivity index (χ0) is 27.1. The highest BCUT2D eigenvalue weighted by molar-refractivity contribution is 5.91. The van der Waals surface area contributed by atoms with E-state index in [1.54, 1.807) is 6.07 Å². The number of nitrogens with zero attached hydrogens (tertiary/aromatic N) is 1. The summed E-state index contributed by atoms with van der Waals surface area (Å²) >= 11 is 0. The van der Waals surface area contributed by atoms with Gasteiger partial charge in [0.05, 0.1) is 12.7 Å². The van der Waals surface area contributed by atoms with Crippen LogP contribution in [0.2, 0.25) is 0 Å². The van der Waals surface area contributed by atoms with Crippen molar-refractivity contribution in [1.82, 2.24) is 10.2 Å². The number of hydrogen-bond acceptors (Lipinski definition) is 4. The van der Waals surface area contributed by atoms with Crippen LogP contribution in [0.4, 0.5) is 0 Å². The Morgan fingerprint density at radius 2 is 1.79 bits per heavy atom. The van der Waals surface area contributed by atoms with Crippen molar-refractivity contribution in [2.24, 2.45) is 11.3 Å². The molecule has 3 aromatic rings. The summed E-state index contributed by atoms with van der Waals surface area (Å²) in [6.45, 7) is 3.69. The van der Waals surface area contributed by atoms with Gasteiger partial charge < -0.3 is 15.0 Å². The molecule has 3 aromatic carbocycles. The zero-order valence-electron chi connectivity index (χ0n) is 22.5. The fraction of sp³-hybridized carbons (Fsp3) is 0.364. The third kappa shape index (κ3) is 4.96. The predicted molar refractivity (Wildman–Crippen MR) is 149 cm³/mol. The molecule has 1 N–H and O–H groups in total. The topological polar surface area (TPSA) is 75.7 Å². The molecular weight excluding hydrogens is 488 g/mol. The molecule has 2 atom stereocenters. The van der Waals surface area contributed by atoms with Crippen LogP contribution >= 0.6 is 0 Å². The summed E-state index contributed by atoms with van der Waals surface area (Å²) in [6, 6.07) is 21.9. The van der Waals surface area contributed by atoms with Gasteiger partial charge in [0.25, 0.3) is 0 Å². The van der Waals surface area contributed by atoms with E-state index in [4.69, 9.17) is 4.74 Å². The van der Waals surface area contributed by atoms with E-state index in [0.29, 0.717) is 25.2 Å². The predicted octanol–water partition coefficient (Wildman–Crippen LogP) is 5.24. The molecule has 1 aliphatic heterocycles. The van der Waals surface area contributed by atoms with E-state index in [1.165, 1.54) is 18.2 Å². The van der Waals surface area contributed by atoms with Gasteiger partial charge in [0.2, 0.25) is 11.8 Å². The van der Waals surface area contributed by atoms with Crippen LogP contribution in [-0.4, -0.2) is 36.3 Å². The molecule has 0 unspecified atom stereocenters. The molecule has 1 heterocycles. The largest absolute Gasteiger partial charge is 0.465 e. The summed E-state index contributed by atoms with van der Waals surface area (Å²) < 4.78 is 4.93. The number of esters is 1. The zero-order valence-corrected chi connectivity index (χ0v) is 22.5. The minimum absolute atomic E-state index is 0.0106. The van der Waals surface area contributed by atoms with E-state index >= 15 is 0 Å². The maximum absolute atomic E-state index is 13.3. The van der Waals surface area contributed by atoms with E-state index in [9.17, 15) is 14.4 Å². The molecule has 6 nitrogen and oxygen atoms in total. The van der Waals surface area contributed by atoms with Crippen LogP contribution in [-0.2, 0) is 33.8 Å². The molecule has 2 saturated carbocycles. The first-order chi connectivity index (χ1) is 18.9. The Labute approximate surface area is 229 Å². The normalized spacial score (nSPS) is 20.5. The Morgan fingerprint density at radius 3 is 2.54 bits per heavy atom. The standard InChI is InChI=1S/C33H34N2O4/c1-33(14-15-33)32(38)35-16-13-26-25(22-9-6-10-23(17-22)31(37)39-2)12-11-24(29(26)20-35)19-34-30(36)28-18-27(28)21-7-4-3-5-8-21/h3-12,17,27-28H,13-16,18-20H2,1-2H3,(H,34,36)/t27-,28-/m1/s1.